The topological polar surface area (TPSA) is 97.6 Å². The van der Waals surface area contributed by atoms with Crippen molar-refractivity contribution in [2.45, 2.75) is 56.8 Å². The first-order valence-corrected chi connectivity index (χ1v) is 12.7. The van der Waals surface area contributed by atoms with Crippen LogP contribution in [0.5, 0.6) is 0 Å². The van der Waals surface area contributed by atoms with Crippen LogP contribution in [0.4, 0.5) is 0 Å². The Morgan fingerprint density at radius 1 is 0.771 bits per heavy atom. The number of aliphatic hydroxyl groups is 1. The number of rotatable bonds is 10. The molecule has 5 atom stereocenters. The van der Waals surface area contributed by atoms with Crippen molar-refractivity contribution in [3.05, 3.63) is 108 Å². The highest BCUT2D eigenvalue weighted by atomic mass is 31.2. The summed E-state index contributed by atoms with van der Waals surface area (Å²) in [5.41, 5.74) is 0.952. The third-order valence-electron chi connectivity index (χ3n) is 6.08. The van der Waals surface area contributed by atoms with E-state index < -0.39 is 38.8 Å². The largest absolute Gasteiger partial charge is 0.381 e. The Balaban J connectivity index is 1.66. The van der Waals surface area contributed by atoms with Crippen LogP contribution in [0.2, 0.25) is 0 Å². The molecule has 8 heteroatoms. The van der Waals surface area contributed by atoms with Crippen LogP contribution in [0.1, 0.15) is 23.6 Å². The Labute approximate surface area is 206 Å². The summed E-state index contributed by atoms with van der Waals surface area (Å²) in [6.45, 7) is 2.31. The van der Waals surface area contributed by atoms with Gasteiger partial charge < -0.3 is 29.1 Å². The molecule has 0 radical (unpaired) electrons. The first-order chi connectivity index (χ1) is 17.0. The van der Waals surface area contributed by atoms with Crippen molar-refractivity contribution in [2.75, 3.05) is 0 Å². The van der Waals surface area contributed by atoms with Gasteiger partial charge in [-0.05, 0) is 23.6 Å². The molecule has 0 amide bonds. The van der Waals surface area contributed by atoms with Crippen LogP contribution in [0.3, 0.4) is 0 Å². The summed E-state index contributed by atoms with van der Waals surface area (Å²) in [5, 5.41) is 12.1. The normalized spacial score (nSPS) is 26.7. The molecule has 1 aliphatic rings. The highest BCUT2D eigenvalue weighted by molar-refractivity contribution is 7.39. The Morgan fingerprint density at radius 2 is 1.26 bits per heavy atom. The molecule has 0 aliphatic carbocycles. The zero-order chi connectivity index (χ0) is 24.7. The van der Waals surface area contributed by atoms with Crippen LogP contribution in [0.25, 0.3) is 0 Å². The molecule has 3 aromatic rings. The van der Waals surface area contributed by atoms with Gasteiger partial charge >= 0.3 is 8.60 Å². The van der Waals surface area contributed by atoms with Gasteiger partial charge in [-0.3, -0.25) is 4.52 Å². The molecular formula is C27H31O7P. The van der Waals surface area contributed by atoms with Crippen molar-refractivity contribution in [2.24, 2.45) is 0 Å². The monoisotopic (exact) mass is 498 g/mol. The van der Waals surface area contributed by atoms with Crippen molar-refractivity contribution in [3.63, 3.8) is 0 Å². The Kier molecular flexibility index (Phi) is 9.00. The van der Waals surface area contributed by atoms with Crippen LogP contribution in [0.15, 0.2) is 91.0 Å². The molecule has 1 heterocycles. The van der Waals surface area contributed by atoms with Gasteiger partial charge in [0.1, 0.15) is 17.8 Å². The Morgan fingerprint density at radius 3 is 1.77 bits per heavy atom. The number of hydrogen-bond acceptors (Lipinski definition) is 7. The van der Waals surface area contributed by atoms with E-state index in [1.807, 2.05) is 91.0 Å². The van der Waals surface area contributed by atoms with Gasteiger partial charge in [-0.1, -0.05) is 91.0 Å². The fourth-order valence-corrected chi connectivity index (χ4v) is 4.76. The molecular weight excluding hydrogens is 467 g/mol. The summed E-state index contributed by atoms with van der Waals surface area (Å²) in [7, 11) is -2.79. The first-order valence-electron chi connectivity index (χ1n) is 11.5. The van der Waals surface area contributed by atoms with E-state index in [-0.39, 0.29) is 13.0 Å². The van der Waals surface area contributed by atoms with E-state index in [2.05, 4.69) is 0 Å². The molecule has 186 valence electrons. The summed E-state index contributed by atoms with van der Waals surface area (Å²) in [6.07, 6.45) is -3.35. The van der Waals surface area contributed by atoms with E-state index in [9.17, 15) is 14.9 Å². The molecule has 0 unspecified atom stereocenters. The van der Waals surface area contributed by atoms with E-state index in [1.54, 1.807) is 6.92 Å². The molecule has 0 bridgehead atoms. The molecule has 3 aromatic carbocycles. The highest BCUT2D eigenvalue weighted by Gasteiger charge is 2.57. The second kappa shape index (κ2) is 12.2. The minimum Gasteiger partial charge on any atom is -0.381 e. The Bertz CT molecular complexity index is 1020. The van der Waals surface area contributed by atoms with E-state index >= 15 is 0 Å². The van der Waals surface area contributed by atoms with Crippen molar-refractivity contribution < 1.29 is 33.6 Å². The smallest absolute Gasteiger partial charge is 0.329 e. The summed E-state index contributed by atoms with van der Waals surface area (Å²) in [5.74, 6) is 0. The van der Waals surface area contributed by atoms with Gasteiger partial charge in [-0.15, -0.1) is 0 Å². The molecule has 0 aromatic heterocycles. The summed E-state index contributed by atoms with van der Waals surface area (Å²) < 4.78 is 23.9. The van der Waals surface area contributed by atoms with Crippen LogP contribution in [-0.4, -0.2) is 45.1 Å². The fourth-order valence-electron chi connectivity index (χ4n) is 4.35. The number of benzene rings is 3. The number of hydrogen-bond donors (Lipinski definition) is 3. The molecule has 1 fully saturated rings. The zero-order valence-corrected chi connectivity index (χ0v) is 20.4. The van der Waals surface area contributed by atoms with Gasteiger partial charge in [0, 0.05) is 6.42 Å². The molecule has 35 heavy (non-hydrogen) atoms. The van der Waals surface area contributed by atoms with E-state index in [0.29, 0.717) is 6.61 Å². The van der Waals surface area contributed by atoms with Crippen molar-refractivity contribution in [3.8, 4) is 0 Å². The van der Waals surface area contributed by atoms with Crippen molar-refractivity contribution in [1.82, 2.24) is 0 Å². The highest BCUT2D eigenvalue weighted by Crippen LogP contribution is 2.42. The first kappa shape index (κ1) is 25.9. The maximum Gasteiger partial charge on any atom is 0.329 e. The quantitative estimate of drug-likeness (QED) is 0.362. The predicted molar refractivity (Wildman–Crippen MR) is 132 cm³/mol. The van der Waals surface area contributed by atoms with E-state index in [0.717, 1.165) is 16.7 Å². The maximum atomic E-state index is 12.1. The van der Waals surface area contributed by atoms with Gasteiger partial charge in [-0.25, -0.2) is 0 Å². The standard InChI is InChI=1S/C27H31O7P/c1-20-24(31-18-22-13-7-3-8-14-22)25(32-19-23-15-9-4-10-16-23)27(28,26(33-20)34-35(29)30)17-21-11-5-2-6-12-21/h2-16,20,24-26,28-30H,17-19H2,1H3/t20-,24+,25+,26-,27-/m0/s1. The molecule has 4 rings (SSSR count). The third-order valence-corrected chi connectivity index (χ3v) is 6.46. The Hall–Kier alpha value is -2.19. The lowest BCUT2D eigenvalue weighted by Crippen LogP contribution is -2.68. The summed E-state index contributed by atoms with van der Waals surface area (Å²) in [4.78, 5) is 19.3. The van der Waals surface area contributed by atoms with Gasteiger partial charge in [0.15, 0.2) is 6.29 Å². The number of ether oxygens (including phenoxy) is 3. The predicted octanol–water partition coefficient (Wildman–Crippen LogP) is 4.10. The van der Waals surface area contributed by atoms with Crippen LogP contribution < -0.4 is 0 Å². The average molecular weight is 499 g/mol. The SMILES string of the molecule is C[C@@H]1O[C@@H](OP(O)O)[C@](O)(Cc2ccccc2)[C@H](OCc2ccccc2)[C@@H]1OCc1ccccc1. The van der Waals surface area contributed by atoms with Crippen LogP contribution in [0, 0.1) is 0 Å². The minimum atomic E-state index is -2.79. The lowest BCUT2D eigenvalue weighted by molar-refractivity contribution is -0.331. The molecule has 1 aliphatic heterocycles. The van der Waals surface area contributed by atoms with Gasteiger partial charge in [0.25, 0.3) is 0 Å². The molecule has 0 spiro atoms. The average Bonchev–Trinajstić information content (AvgIpc) is 2.86. The minimum absolute atomic E-state index is 0.0963. The third kappa shape index (κ3) is 6.73. The lowest BCUT2D eigenvalue weighted by Gasteiger charge is -2.50. The van der Waals surface area contributed by atoms with E-state index in [4.69, 9.17) is 18.7 Å². The van der Waals surface area contributed by atoms with Gasteiger partial charge in [0.2, 0.25) is 0 Å². The van der Waals surface area contributed by atoms with Gasteiger partial charge in [-0.2, -0.15) is 0 Å². The van der Waals surface area contributed by atoms with E-state index in [1.165, 1.54) is 0 Å². The summed E-state index contributed by atoms with van der Waals surface area (Å²) >= 11 is 0. The lowest BCUT2D eigenvalue weighted by atomic mass is 9.81. The molecule has 3 N–H and O–H groups in total. The maximum absolute atomic E-state index is 12.1. The zero-order valence-electron chi connectivity index (χ0n) is 19.5. The van der Waals surface area contributed by atoms with Crippen LogP contribution >= 0.6 is 8.60 Å². The van der Waals surface area contributed by atoms with Crippen molar-refractivity contribution >= 4 is 8.60 Å². The molecule has 0 saturated carbocycles. The second-order valence-corrected chi connectivity index (χ2v) is 9.38. The molecule has 1 saturated heterocycles. The second-order valence-electron chi connectivity index (χ2n) is 8.66. The van der Waals surface area contributed by atoms with Gasteiger partial charge in [0.05, 0.1) is 19.3 Å². The molecule has 7 nitrogen and oxygen atoms in total. The van der Waals surface area contributed by atoms with Crippen molar-refractivity contribution in [1.29, 1.82) is 0 Å². The summed E-state index contributed by atoms with van der Waals surface area (Å²) in [6, 6.07) is 28.7. The fraction of sp³-hybridized carbons (Fsp3) is 0.333. The van der Waals surface area contributed by atoms with Crippen LogP contribution in [-0.2, 0) is 38.4 Å².